The number of nitrogens with zero attached hydrogens (tertiary/aromatic N) is 4. The molecule has 1 aliphatic rings. The Morgan fingerprint density at radius 1 is 1.16 bits per heavy atom. The molecular formula is C23H27N5O3. The Bertz CT molecular complexity index is 1100. The monoisotopic (exact) mass is 421 g/mol. The maximum atomic E-state index is 12.7. The van der Waals surface area contributed by atoms with Crippen molar-refractivity contribution >= 4 is 0 Å². The average molecular weight is 422 g/mol. The molecule has 0 amide bonds. The minimum Gasteiger partial charge on any atom is -0.493 e. The van der Waals surface area contributed by atoms with Gasteiger partial charge < -0.3 is 14.5 Å². The molecule has 0 spiro atoms. The summed E-state index contributed by atoms with van der Waals surface area (Å²) in [7, 11) is 1.65. The minimum absolute atomic E-state index is 0.0677. The van der Waals surface area contributed by atoms with Gasteiger partial charge in [0.15, 0.2) is 17.3 Å². The lowest BCUT2D eigenvalue weighted by Crippen LogP contribution is -2.26. The summed E-state index contributed by atoms with van der Waals surface area (Å²) in [4.78, 5) is 30.9. The van der Waals surface area contributed by atoms with Gasteiger partial charge in [-0.25, -0.2) is 9.97 Å². The number of fused-ring (bicyclic) bond motifs is 1. The molecule has 1 aromatic carbocycles. The highest BCUT2D eigenvalue weighted by atomic mass is 16.5. The van der Waals surface area contributed by atoms with Gasteiger partial charge in [-0.05, 0) is 38.0 Å². The molecule has 0 unspecified atom stereocenters. The second-order valence-electron chi connectivity index (χ2n) is 7.86. The maximum Gasteiger partial charge on any atom is 0.254 e. The number of aromatic nitrogens is 4. The molecule has 0 radical (unpaired) electrons. The third-order valence-electron chi connectivity index (χ3n) is 5.25. The van der Waals surface area contributed by atoms with Crippen LogP contribution in [0.3, 0.4) is 0 Å². The van der Waals surface area contributed by atoms with Crippen LogP contribution in [0.25, 0.3) is 11.5 Å². The predicted molar refractivity (Wildman–Crippen MR) is 117 cm³/mol. The Labute approximate surface area is 181 Å². The molecule has 8 nitrogen and oxygen atoms in total. The quantitative estimate of drug-likeness (QED) is 0.654. The normalized spacial score (nSPS) is 14.2. The fraction of sp³-hybridized carbons (Fsp3) is 0.391. The van der Waals surface area contributed by atoms with Crippen molar-refractivity contribution in [2.24, 2.45) is 0 Å². The van der Waals surface area contributed by atoms with E-state index < -0.39 is 0 Å². The lowest BCUT2D eigenvalue weighted by Gasteiger charge is -2.21. The highest BCUT2D eigenvalue weighted by Gasteiger charge is 2.20. The van der Waals surface area contributed by atoms with Gasteiger partial charge in [0.05, 0.1) is 25.1 Å². The van der Waals surface area contributed by atoms with Crippen molar-refractivity contribution in [2.45, 2.75) is 39.3 Å². The van der Waals surface area contributed by atoms with Gasteiger partial charge in [0.25, 0.3) is 5.56 Å². The Kier molecular flexibility index (Phi) is 6.27. The molecule has 1 N–H and O–H groups in total. The van der Waals surface area contributed by atoms with Gasteiger partial charge in [0, 0.05) is 44.0 Å². The van der Waals surface area contributed by atoms with Crippen molar-refractivity contribution in [2.75, 3.05) is 20.2 Å². The first-order valence-corrected chi connectivity index (χ1v) is 10.5. The van der Waals surface area contributed by atoms with E-state index in [0.717, 1.165) is 48.0 Å². The summed E-state index contributed by atoms with van der Waals surface area (Å²) in [5, 5.41) is 0. The van der Waals surface area contributed by atoms with Gasteiger partial charge in [0.1, 0.15) is 5.69 Å². The number of ether oxygens (including phenoxy) is 2. The number of hydrogen-bond donors (Lipinski definition) is 1. The van der Waals surface area contributed by atoms with Crippen LogP contribution >= 0.6 is 0 Å². The molecular weight excluding hydrogens is 394 g/mol. The van der Waals surface area contributed by atoms with Gasteiger partial charge in [-0.2, -0.15) is 0 Å². The third-order valence-corrected chi connectivity index (χ3v) is 5.25. The van der Waals surface area contributed by atoms with Crippen LogP contribution in [0.1, 0.15) is 30.7 Å². The zero-order valence-electron chi connectivity index (χ0n) is 18.1. The van der Waals surface area contributed by atoms with Gasteiger partial charge in [-0.1, -0.05) is 6.07 Å². The van der Waals surface area contributed by atoms with E-state index in [9.17, 15) is 4.79 Å². The standard InChI is InChI=1S/C23H27N5O3/c1-15(2)31-21-12-16(4-5-20(21)30-3)14-28-10-6-17-18(7-11-28)26-22(27-23(17)29)19-13-24-8-9-25-19/h4-5,8-9,12-13,15H,6-7,10-11,14H2,1-3H3,(H,26,27,29). The molecule has 4 rings (SSSR count). The Morgan fingerprint density at radius 3 is 2.74 bits per heavy atom. The fourth-order valence-electron chi connectivity index (χ4n) is 3.78. The smallest absolute Gasteiger partial charge is 0.254 e. The first-order valence-electron chi connectivity index (χ1n) is 10.5. The highest BCUT2D eigenvalue weighted by molar-refractivity contribution is 5.47. The first-order chi connectivity index (χ1) is 15.0. The summed E-state index contributed by atoms with van der Waals surface area (Å²) in [6, 6.07) is 6.04. The van der Waals surface area contributed by atoms with Crippen molar-refractivity contribution in [3.05, 3.63) is 64.0 Å². The average Bonchev–Trinajstić information content (AvgIpc) is 2.97. The molecule has 3 aromatic rings. The number of rotatable bonds is 6. The number of methoxy groups -OCH3 is 1. The number of hydrogen-bond acceptors (Lipinski definition) is 7. The molecule has 162 valence electrons. The minimum atomic E-state index is -0.0930. The molecule has 0 saturated heterocycles. The largest absolute Gasteiger partial charge is 0.493 e. The molecule has 3 heterocycles. The van der Waals surface area contributed by atoms with E-state index in [1.807, 2.05) is 26.0 Å². The molecule has 0 saturated carbocycles. The van der Waals surface area contributed by atoms with E-state index in [2.05, 4.69) is 25.9 Å². The lowest BCUT2D eigenvalue weighted by atomic mass is 10.1. The topological polar surface area (TPSA) is 93.2 Å². The van der Waals surface area contributed by atoms with E-state index in [0.29, 0.717) is 24.4 Å². The van der Waals surface area contributed by atoms with E-state index in [1.165, 1.54) is 0 Å². The zero-order valence-corrected chi connectivity index (χ0v) is 18.1. The zero-order chi connectivity index (χ0) is 21.8. The van der Waals surface area contributed by atoms with E-state index in [-0.39, 0.29) is 11.7 Å². The van der Waals surface area contributed by atoms with Crippen LogP contribution in [0, 0.1) is 0 Å². The van der Waals surface area contributed by atoms with E-state index in [4.69, 9.17) is 14.5 Å². The summed E-state index contributed by atoms with van der Waals surface area (Å²) in [6.07, 6.45) is 6.23. The lowest BCUT2D eigenvalue weighted by molar-refractivity contribution is 0.228. The SMILES string of the molecule is COc1ccc(CN2CCc3nc(-c4cnccn4)[nH]c(=O)c3CC2)cc1OC(C)C. The Hall–Kier alpha value is -3.26. The van der Waals surface area contributed by atoms with Crippen molar-refractivity contribution < 1.29 is 9.47 Å². The van der Waals surface area contributed by atoms with Crippen molar-refractivity contribution in [3.63, 3.8) is 0 Å². The van der Waals surface area contributed by atoms with Crippen LogP contribution in [0.5, 0.6) is 11.5 Å². The van der Waals surface area contributed by atoms with Gasteiger partial charge in [-0.15, -0.1) is 0 Å². The molecule has 1 aliphatic heterocycles. The summed E-state index contributed by atoms with van der Waals surface area (Å²) < 4.78 is 11.3. The van der Waals surface area contributed by atoms with Gasteiger partial charge >= 0.3 is 0 Å². The van der Waals surface area contributed by atoms with Gasteiger partial charge in [0.2, 0.25) is 0 Å². The molecule has 0 fully saturated rings. The van der Waals surface area contributed by atoms with Crippen LogP contribution in [0.4, 0.5) is 0 Å². The fourth-order valence-corrected chi connectivity index (χ4v) is 3.78. The summed E-state index contributed by atoms with van der Waals surface area (Å²) in [5.41, 5.74) is 3.22. The van der Waals surface area contributed by atoms with Crippen LogP contribution in [0.2, 0.25) is 0 Å². The van der Waals surface area contributed by atoms with E-state index in [1.54, 1.807) is 25.7 Å². The van der Waals surface area contributed by atoms with Gasteiger partial charge in [-0.3, -0.25) is 14.7 Å². The van der Waals surface area contributed by atoms with E-state index >= 15 is 0 Å². The van der Waals surface area contributed by atoms with Crippen LogP contribution < -0.4 is 15.0 Å². The number of nitrogens with one attached hydrogen (secondary N) is 1. The molecule has 0 bridgehead atoms. The molecule has 0 aliphatic carbocycles. The maximum absolute atomic E-state index is 12.7. The van der Waals surface area contributed by atoms with Crippen molar-refractivity contribution in [1.82, 2.24) is 24.8 Å². The molecule has 8 heteroatoms. The Balaban J connectivity index is 1.51. The summed E-state index contributed by atoms with van der Waals surface area (Å²) >= 11 is 0. The number of H-pyrrole nitrogens is 1. The predicted octanol–water partition coefficient (Wildman–Crippen LogP) is 2.62. The third kappa shape index (κ3) is 4.91. The van der Waals surface area contributed by atoms with Crippen molar-refractivity contribution in [1.29, 1.82) is 0 Å². The summed E-state index contributed by atoms with van der Waals surface area (Å²) in [5.74, 6) is 1.95. The number of aromatic amines is 1. The Morgan fingerprint density at radius 2 is 2.00 bits per heavy atom. The van der Waals surface area contributed by atoms with Crippen molar-refractivity contribution in [3.8, 4) is 23.0 Å². The summed E-state index contributed by atoms with van der Waals surface area (Å²) in [6.45, 7) is 6.36. The molecule has 31 heavy (non-hydrogen) atoms. The van der Waals surface area contributed by atoms with Crippen LogP contribution in [-0.2, 0) is 19.4 Å². The van der Waals surface area contributed by atoms with Crippen LogP contribution in [-0.4, -0.2) is 51.1 Å². The van der Waals surface area contributed by atoms with Crippen LogP contribution in [0.15, 0.2) is 41.6 Å². The first kappa shape index (κ1) is 21.0. The second kappa shape index (κ2) is 9.26. The molecule has 2 aromatic heterocycles. The molecule has 0 atom stereocenters. The highest BCUT2D eigenvalue weighted by Crippen LogP contribution is 2.29. The second-order valence-corrected chi connectivity index (χ2v) is 7.86. The number of benzene rings is 1.